The predicted octanol–water partition coefficient (Wildman–Crippen LogP) is 3.83. The zero-order chi connectivity index (χ0) is 19.3. The largest absolute Gasteiger partial charge is 0.446 e. The summed E-state index contributed by atoms with van der Waals surface area (Å²) in [4.78, 5) is 15.1. The van der Waals surface area contributed by atoms with Crippen LogP contribution in [-0.4, -0.2) is 50.3 Å². The Kier molecular flexibility index (Phi) is 5.93. The fraction of sp³-hybridized carbons (Fsp3) is 0.435. The first-order valence-corrected chi connectivity index (χ1v) is 10.2. The molecule has 4 rings (SSSR count). The Labute approximate surface area is 167 Å². The standard InChI is InChI=1S/C23H29N3O2/c1-24-11-12-26-15-18-13-20(14-19(18)16-26)28-23(27)25-22-10-6-5-9-21(22)17-7-3-2-4-8-17/h2-10,18-20,24H,11-16H2,1H3,(H,25,27)/t18-,19+,20?. The molecule has 0 bridgehead atoms. The van der Waals surface area contributed by atoms with E-state index in [1.807, 2.05) is 61.6 Å². The van der Waals surface area contributed by atoms with Gasteiger partial charge >= 0.3 is 6.09 Å². The molecule has 0 spiro atoms. The average molecular weight is 380 g/mol. The lowest BCUT2D eigenvalue weighted by molar-refractivity contribution is 0.106. The minimum absolute atomic E-state index is 0.0327. The third-order valence-corrected chi connectivity index (χ3v) is 5.98. The van der Waals surface area contributed by atoms with Crippen LogP contribution < -0.4 is 10.6 Å². The normalized spacial score (nSPS) is 24.1. The van der Waals surface area contributed by atoms with Crippen LogP contribution in [0.5, 0.6) is 0 Å². The minimum Gasteiger partial charge on any atom is -0.446 e. The van der Waals surface area contributed by atoms with Crippen LogP contribution in [0, 0.1) is 11.8 Å². The molecule has 0 radical (unpaired) electrons. The molecule has 2 fully saturated rings. The summed E-state index contributed by atoms with van der Waals surface area (Å²) in [6.07, 6.45) is 1.65. The molecular formula is C23H29N3O2. The Bertz CT molecular complexity index is 781. The first kappa shape index (κ1) is 19.0. The number of benzene rings is 2. The van der Waals surface area contributed by atoms with Crippen molar-refractivity contribution >= 4 is 11.8 Å². The number of anilines is 1. The number of nitrogens with one attached hydrogen (secondary N) is 2. The first-order valence-electron chi connectivity index (χ1n) is 10.2. The van der Waals surface area contributed by atoms with Gasteiger partial charge in [0.1, 0.15) is 6.10 Å². The van der Waals surface area contributed by atoms with Crippen LogP contribution in [0.3, 0.4) is 0 Å². The van der Waals surface area contributed by atoms with Gasteiger partial charge < -0.3 is 15.0 Å². The van der Waals surface area contributed by atoms with Crippen LogP contribution in [0.25, 0.3) is 11.1 Å². The van der Waals surface area contributed by atoms with Crippen molar-refractivity contribution in [3.63, 3.8) is 0 Å². The monoisotopic (exact) mass is 379 g/mol. The van der Waals surface area contributed by atoms with Gasteiger partial charge in [-0.2, -0.15) is 0 Å². The number of ether oxygens (including phenoxy) is 1. The van der Waals surface area contributed by atoms with E-state index in [1.54, 1.807) is 0 Å². The Morgan fingerprint density at radius 2 is 1.71 bits per heavy atom. The number of amides is 1. The molecule has 2 N–H and O–H groups in total. The van der Waals surface area contributed by atoms with Gasteiger partial charge in [0.15, 0.2) is 0 Å². The van der Waals surface area contributed by atoms with E-state index in [2.05, 4.69) is 15.5 Å². The van der Waals surface area contributed by atoms with Gasteiger partial charge in [0.25, 0.3) is 0 Å². The number of carbonyl (C=O) groups excluding carboxylic acids is 1. The van der Waals surface area contributed by atoms with Crippen LogP contribution in [0.1, 0.15) is 12.8 Å². The molecule has 2 aliphatic rings. The Morgan fingerprint density at radius 3 is 2.43 bits per heavy atom. The maximum atomic E-state index is 12.5. The van der Waals surface area contributed by atoms with Crippen LogP contribution in [0.2, 0.25) is 0 Å². The molecule has 28 heavy (non-hydrogen) atoms. The zero-order valence-corrected chi connectivity index (χ0v) is 16.4. The number of likely N-dealkylation sites (N-methyl/N-ethyl adjacent to an activating group) is 1. The summed E-state index contributed by atoms with van der Waals surface area (Å²) in [6.45, 7) is 4.39. The maximum absolute atomic E-state index is 12.5. The van der Waals surface area contributed by atoms with Crippen LogP contribution in [-0.2, 0) is 4.74 Å². The molecule has 1 heterocycles. The molecule has 1 aliphatic carbocycles. The summed E-state index contributed by atoms with van der Waals surface area (Å²) in [5.41, 5.74) is 2.87. The Hall–Kier alpha value is -2.37. The van der Waals surface area contributed by atoms with Crippen molar-refractivity contribution in [3.8, 4) is 11.1 Å². The van der Waals surface area contributed by atoms with E-state index in [9.17, 15) is 4.79 Å². The quantitative estimate of drug-likeness (QED) is 0.801. The Balaban J connectivity index is 1.32. The number of hydrogen-bond donors (Lipinski definition) is 2. The second kappa shape index (κ2) is 8.76. The van der Waals surface area contributed by atoms with Gasteiger partial charge in [-0.25, -0.2) is 4.79 Å². The van der Waals surface area contributed by atoms with E-state index >= 15 is 0 Å². The third kappa shape index (κ3) is 4.37. The summed E-state index contributed by atoms with van der Waals surface area (Å²) < 4.78 is 5.78. The molecule has 1 amide bonds. The van der Waals surface area contributed by atoms with E-state index in [0.29, 0.717) is 11.8 Å². The van der Waals surface area contributed by atoms with Gasteiger partial charge in [-0.1, -0.05) is 48.5 Å². The molecule has 2 aromatic carbocycles. The number of fused-ring (bicyclic) bond motifs is 1. The molecule has 3 atom stereocenters. The SMILES string of the molecule is CNCCN1C[C@H]2CC(OC(=O)Nc3ccccc3-c3ccccc3)C[C@H]2C1. The molecule has 1 saturated carbocycles. The van der Waals surface area contributed by atoms with Gasteiger partial charge in [0.05, 0.1) is 5.69 Å². The second-order valence-electron chi connectivity index (χ2n) is 7.92. The Morgan fingerprint density at radius 1 is 1.04 bits per heavy atom. The van der Waals surface area contributed by atoms with Crippen molar-refractivity contribution in [1.29, 1.82) is 0 Å². The molecule has 5 heteroatoms. The van der Waals surface area contributed by atoms with Gasteiger partial charge in [-0.3, -0.25) is 5.32 Å². The number of nitrogens with zero attached hydrogens (tertiary/aromatic N) is 1. The lowest BCUT2D eigenvalue weighted by atomic mass is 10.0. The summed E-state index contributed by atoms with van der Waals surface area (Å²) in [5.74, 6) is 1.32. The molecule has 5 nitrogen and oxygen atoms in total. The molecule has 148 valence electrons. The van der Waals surface area contributed by atoms with Crippen molar-refractivity contribution in [2.45, 2.75) is 18.9 Å². The summed E-state index contributed by atoms with van der Waals surface area (Å²) in [5, 5.41) is 6.17. The molecule has 2 aromatic rings. The average Bonchev–Trinajstić information content (AvgIpc) is 3.25. The highest BCUT2D eigenvalue weighted by Gasteiger charge is 2.42. The fourth-order valence-electron chi connectivity index (χ4n) is 4.64. The van der Waals surface area contributed by atoms with E-state index in [1.165, 1.54) is 0 Å². The van der Waals surface area contributed by atoms with Crippen molar-refractivity contribution in [2.75, 3.05) is 38.5 Å². The van der Waals surface area contributed by atoms with Crippen LogP contribution >= 0.6 is 0 Å². The van der Waals surface area contributed by atoms with Crippen molar-refractivity contribution in [2.24, 2.45) is 11.8 Å². The minimum atomic E-state index is -0.347. The van der Waals surface area contributed by atoms with Gasteiger partial charge in [0.2, 0.25) is 0 Å². The highest BCUT2D eigenvalue weighted by molar-refractivity contribution is 5.91. The smallest absolute Gasteiger partial charge is 0.411 e. The molecular weight excluding hydrogens is 350 g/mol. The van der Waals surface area contributed by atoms with Crippen LogP contribution in [0.15, 0.2) is 54.6 Å². The number of hydrogen-bond acceptors (Lipinski definition) is 4. The third-order valence-electron chi connectivity index (χ3n) is 5.98. The van der Waals surface area contributed by atoms with Gasteiger partial charge in [-0.05, 0) is 43.4 Å². The molecule has 0 aromatic heterocycles. The van der Waals surface area contributed by atoms with E-state index in [-0.39, 0.29) is 12.2 Å². The fourth-order valence-corrected chi connectivity index (χ4v) is 4.64. The highest BCUT2D eigenvalue weighted by Crippen LogP contribution is 2.39. The number of likely N-dealkylation sites (tertiary alicyclic amines) is 1. The highest BCUT2D eigenvalue weighted by atomic mass is 16.6. The summed E-state index contributed by atoms with van der Waals surface area (Å²) in [6, 6.07) is 17.9. The summed E-state index contributed by atoms with van der Waals surface area (Å²) in [7, 11) is 2.00. The second-order valence-corrected chi connectivity index (χ2v) is 7.92. The number of carbonyl (C=O) groups is 1. The number of para-hydroxylation sites is 1. The molecule has 1 aliphatic heterocycles. The first-order chi connectivity index (χ1) is 13.7. The van der Waals surface area contributed by atoms with Crippen LogP contribution in [0.4, 0.5) is 10.5 Å². The zero-order valence-electron chi connectivity index (χ0n) is 16.4. The molecule has 1 unspecified atom stereocenters. The van der Waals surface area contributed by atoms with Crippen molar-refractivity contribution < 1.29 is 9.53 Å². The van der Waals surface area contributed by atoms with Crippen molar-refractivity contribution in [1.82, 2.24) is 10.2 Å². The maximum Gasteiger partial charge on any atom is 0.411 e. The van der Waals surface area contributed by atoms with E-state index in [0.717, 1.165) is 55.8 Å². The lowest BCUT2D eigenvalue weighted by Gasteiger charge is -2.19. The predicted molar refractivity (Wildman–Crippen MR) is 112 cm³/mol. The van der Waals surface area contributed by atoms with E-state index < -0.39 is 0 Å². The molecule has 1 saturated heterocycles. The lowest BCUT2D eigenvalue weighted by Crippen LogP contribution is -2.31. The van der Waals surface area contributed by atoms with Crippen molar-refractivity contribution in [3.05, 3.63) is 54.6 Å². The van der Waals surface area contributed by atoms with E-state index in [4.69, 9.17) is 4.74 Å². The van der Waals surface area contributed by atoms with Gasteiger partial charge in [-0.15, -0.1) is 0 Å². The topological polar surface area (TPSA) is 53.6 Å². The van der Waals surface area contributed by atoms with Gasteiger partial charge in [0, 0.05) is 31.7 Å². The summed E-state index contributed by atoms with van der Waals surface area (Å²) >= 11 is 0. The number of rotatable bonds is 6.